The number of ether oxygens (including phenoxy) is 1. The van der Waals surface area contributed by atoms with Crippen molar-refractivity contribution in [2.75, 3.05) is 18.6 Å². The third-order valence-electron chi connectivity index (χ3n) is 3.57. The number of rotatable bonds is 15. The van der Waals surface area contributed by atoms with E-state index in [2.05, 4.69) is 11.7 Å². The summed E-state index contributed by atoms with van der Waals surface area (Å²) in [5, 5.41) is 0. The van der Waals surface area contributed by atoms with Crippen LogP contribution >= 0.6 is 11.8 Å². The Labute approximate surface area is 130 Å². The highest BCUT2D eigenvalue weighted by Gasteiger charge is 1.99. The van der Waals surface area contributed by atoms with Gasteiger partial charge in [0.05, 0.1) is 13.5 Å². The van der Waals surface area contributed by atoms with Crippen LogP contribution in [-0.4, -0.2) is 24.6 Å². The Hall–Kier alpha value is -0.180. The van der Waals surface area contributed by atoms with E-state index < -0.39 is 0 Å². The van der Waals surface area contributed by atoms with Crippen LogP contribution in [0.4, 0.5) is 0 Å². The van der Waals surface area contributed by atoms with Gasteiger partial charge in [0, 0.05) is 5.75 Å². The van der Waals surface area contributed by atoms with E-state index in [9.17, 15) is 4.79 Å². The van der Waals surface area contributed by atoms with Gasteiger partial charge >= 0.3 is 5.97 Å². The molecule has 0 atom stereocenters. The molecular weight excluding hydrogens is 268 g/mol. The second-order valence-electron chi connectivity index (χ2n) is 5.47. The van der Waals surface area contributed by atoms with Gasteiger partial charge in [-0.15, -0.1) is 0 Å². The summed E-state index contributed by atoms with van der Waals surface area (Å²) < 4.78 is 4.61. The van der Waals surface area contributed by atoms with E-state index in [4.69, 9.17) is 0 Å². The largest absolute Gasteiger partial charge is 0.469 e. The van der Waals surface area contributed by atoms with E-state index in [1.807, 2.05) is 11.8 Å². The lowest BCUT2D eigenvalue weighted by molar-refractivity contribution is -0.140. The molecule has 0 rings (SSSR count). The molecule has 0 saturated carbocycles. The molecular formula is C17H34O2S. The van der Waals surface area contributed by atoms with Crippen LogP contribution in [-0.2, 0) is 9.53 Å². The van der Waals surface area contributed by atoms with Gasteiger partial charge in [0.1, 0.15) is 0 Å². The quantitative estimate of drug-likeness (QED) is 0.291. The van der Waals surface area contributed by atoms with Crippen LogP contribution in [0.25, 0.3) is 0 Å². The number of carbonyl (C=O) groups excluding carboxylic acids is 1. The van der Waals surface area contributed by atoms with Crippen LogP contribution in [0.2, 0.25) is 0 Å². The van der Waals surface area contributed by atoms with Gasteiger partial charge in [-0.05, 0) is 12.2 Å². The number of methoxy groups -OCH3 is 1. The van der Waals surface area contributed by atoms with Crippen molar-refractivity contribution < 1.29 is 9.53 Å². The molecule has 0 aromatic rings. The fraction of sp³-hybridized carbons (Fsp3) is 0.941. The van der Waals surface area contributed by atoms with Gasteiger partial charge < -0.3 is 4.74 Å². The van der Waals surface area contributed by atoms with Gasteiger partial charge in [0.15, 0.2) is 0 Å². The topological polar surface area (TPSA) is 26.3 Å². The molecule has 0 aliphatic rings. The fourth-order valence-corrected chi connectivity index (χ4v) is 3.15. The lowest BCUT2D eigenvalue weighted by Crippen LogP contribution is -2.01. The summed E-state index contributed by atoms with van der Waals surface area (Å²) >= 11 is 1.88. The van der Waals surface area contributed by atoms with E-state index >= 15 is 0 Å². The summed E-state index contributed by atoms with van der Waals surface area (Å²) in [6, 6.07) is 0. The molecule has 0 aliphatic heterocycles. The van der Waals surface area contributed by atoms with Gasteiger partial charge in [0.2, 0.25) is 0 Å². The maximum atomic E-state index is 10.9. The lowest BCUT2D eigenvalue weighted by Gasteiger charge is -2.03. The van der Waals surface area contributed by atoms with Gasteiger partial charge in [-0.25, -0.2) is 0 Å². The molecule has 0 aromatic carbocycles. The van der Waals surface area contributed by atoms with E-state index in [0.717, 1.165) is 5.75 Å². The Morgan fingerprint density at radius 1 is 0.800 bits per heavy atom. The monoisotopic (exact) mass is 302 g/mol. The molecule has 0 radical (unpaired) electrons. The van der Waals surface area contributed by atoms with Gasteiger partial charge in [0.25, 0.3) is 0 Å². The fourth-order valence-electron chi connectivity index (χ4n) is 2.23. The van der Waals surface area contributed by atoms with Crippen molar-refractivity contribution in [1.82, 2.24) is 0 Å². The van der Waals surface area contributed by atoms with Crippen molar-refractivity contribution in [1.29, 1.82) is 0 Å². The summed E-state index contributed by atoms with van der Waals surface area (Å²) in [6.07, 6.45) is 15.9. The van der Waals surface area contributed by atoms with Crippen molar-refractivity contribution in [2.45, 2.75) is 84.0 Å². The molecule has 3 heteroatoms. The van der Waals surface area contributed by atoms with Crippen LogP contribution in [0.5, 0.6) is 0 Å². The highest BCUT2D eigenvalue weighted by atomic mass is 32.2. The maximum Gasteiger partial charge on any atom is 0.306 e. The van der Waals surface area contributed by atoms with Crippen LogP contribution < -0.4 is 0 Å². The van der Waals surface area contributed by atoms with Crippen molar-refractivity contribution in [3.05, 3.63) is 0 Å². The highest BCUT2D eigenvalue weighted by Crippen LogP contribution is 2.13. The van der Waals surface area contributed by atoms with E-state index in [-0.39, 0.29) is 5.97 Å². The minimum absolute atomic E-state index is 0.0866. The summed E-state index contributed by atoms with van der Waals surface area (Å²) in [6.45, 7) is 2.27. The normalized spacial score (nSPS) is 10.7. The zero-order valence-corrected chi connectivity index (χ0v) is 14.4. The second-order valence-corrected chi connectivity index (χ2v) is 6.70. The van der Waals surface area contributed by atoms with Gasteiger partial charge in [-0.3, -0.25) is 4.79 Å². The van der Waals surface area contributed by atoms with Crippen molar-refractivity contribution in [3.8, 4) is 0 Å². The Balaban J connectivity index is 2.97. The van der Waals surface area contributed by atoms with Crippen molar-refractivity contribution in [3.63, 3.8) is 0 Å². The predicted molar refractivity (Wildman–Crippen MR) is 90.4 cm³/mol. The highest BCUT2D eigenvalue weighted by molar-refractivity contribution is 7.99. The molecule has 0 unspecified atom stereocenters. The SMILES string of the molecule is CCCCCCCCCCCCCSCCC(=O)OC. The number of hydrogen-bond acceptors (Lipinski definition) is 3. The minimum Gasteiger partial charge on any atom is -0.469 e. The first kappa shape index (κ1) is 19.8. The minimum atomic E-state index is -0.0866. The van der Waals surface area contributed by atoms with Crippen LogP contribution in [0.1, 0.15) is 84.0 Å². The number of thioether (sulfide) groups is 1. The molecule has 0 aliphatic carbocycles. The molecule has 0 saturated heterocycles. The molecule has 2 nitrogen and oxygen atoms in total. The zero-order chi connectivity index (χ0) is 14.9. The lowest BCUT2D eigenvalue weighted by atomic mass is 10.1. The summed E-state index contributed by atoms with van der Waals surface area (Å²) in [7, 11) is 1.46. The Morgan fingerprint density at radius 3 is 1.80 bits per heavy atom. The third-order valence-corrected chi connectivity index (χ3v) is 4.64. The summed E-state index contributed by atoms with van der Waals surface area (Å²) in [5.41, 5.74) is 0. The van der Waals surface area contributed by atoms with Gasteiger partial charge in [-0.1, -0.05) is 71.1 Å². The zero-order valence-electron chi connectivity index (χ0n) is 13.6. The number of hydrogen-bond donors (Lipinski definition) is 0. The summed E-state index contributed by atoms with van der Waals surface area (Å²) in [5.74, 6) is 2.01. The van der Waals surface area contributed by atoms with Crippen LogP contribution in [0, 0.1) is 0 Å². The standard InChI is InChI=1S/C17H34O2S/c1-3-4-5-6-7-8-9-10-11-12-13-15-20-16-14-17(18)19-2/h3-16H2,1-2H3. The van der Waals surface area contributed by atoms with Gasteiger partial charge in [-0.2, -0.15) is 11.8 Å². The first-order valence-corrected chi connectivity index (χ1v) is 9.61. The van der Waals surface area contributed by atoms with Crippen molar-refractivity contribution >= 4 is 17.7 Å². The average Bonchev–Trinajstić information content (AvgIpc) is 2.47. The first-order chi connectivity index (χ1) is 9.81. The third kappa shape index (κ3) is 15.9. The molecule has 0 N–H and O–H groups in total. The predicted octanol–water partition coefficient (Wildman–Crippen LogP) is 5.59. The van der Waals surface area contributed by atoms with Crippen LogP contribution in [0.3, 0.4) is 0 Å². The Bertz CT molecular complexity index is 207. The average molecular weight is 303 g/mol. The number of unbranched alkanes of at least 4 members (excludes halogenated alkanes) is 10. The number of carbonyl (C=O) groups is 1. The molecule has 0 heterocycles. The molecule has 0 aromatic heterocycles. The Morgan fingerprint density at radius 2 is 1.30 bits per heavy atom. The first-order valence-electron chi connectivity index (χ1n) is 8.45. The van der Waals surface area contributed by atoms with E-state index in [1.54, 1.807) is 0 Å². The summed E-state index contributed by atoms with van der Waals surface area (Å²) in [4.78, 5) is 10.9. The maximum absolute atomic E-state index is 10.9. The number of esters is 1. The molecule has 0 amide bonds. The van der Waals surface area contributed by atoms with E-state index in [0.29, 0.717) is 6.42 Å². The molecule has 20 heavy (non-hydrogen) atoms. The molecule has 120 valence electrons. The van der Waals surface area contributed by atoms with Crippen molar-refractivity contribution in [2.24, 2.45) is 0 Å². The molecule has 0 bridgehead atoms. The second kappa shape index (κ2) is 16.9. The van der Waals surface area contributed by atoms with E-state index in [1.165, 1.54) is 83.5 Å². The molecule has 0 spiro atoms. The smallest absolute Gasteiger partial charge is 0.306 e. The Kier molecular flexibility index (Phi) is 16.7. The van der Waals surface area contributed by atoms with Crippen LogP contribution in [0.15, 0.2) is 0 Å². The molecule has 0 fully saturated rings.